The zero-order valence-electron chi connectivity index (χ0n) is 17.1. The molecule has 2 aromatic carbocycles. The normalized spacial score (nSPS) is 11.1. The fourth-order valence-corrected chi connectivity index (χ4v) is 3.93. The molecule has 0 bridgehead atoms. The number of carbonyl (C=O) groups is 2. The molecule has 0 radical (unpaired) electrons. The van der Waals surface area contributed by atoms with Crippen LogP contribution in [-0.4, -0.2) is 28.1 Å². The maximum absolute atomic E-state index is 13.2. The first kappa shape index (κ1) is 22.7. The number of rotatable bonds is 6. The summed E-state index contributed by atoms with van der Waals surface area (Å²) in [6.07, 6.45) is 0. The molecule has 7 nitrogen and oxygen atoms in total. The summed E-state index contributed by atoms with van der Waals surface area (Å²) in [5.41, 5.74) is 1.79. The van der Waals surface area contributed by atoms with Crippen LogP contribution in [0.25, 0.3) is 0 Å². The van der Waals surface area contributed by atoms with Gasteiger partial charge in [0.05, 0.1) is 5.56 Å². The topological polar surface area (TPSA) is 93.2 Å². The van der Waals surface area contributed by atoms with Crippen molar-refractivity contribution in [1.29, 1.82) is 0 Å². The molecule has 3 aromatic rings. The Labute approximate surface area is 187 Å². The molecule has 0 fully saturated rings. The fourth-order valence-electron chi connectivity index (χ4n) is 2.47. The van der Waals surface area contributed by atoms with Crippen LogP contribution in [0.3, 0.4) is 0 Å². The molecule has 0 aliphatic carbocycles. The third-order valence-electron chi connectivity index (χ3n) is 4.05. The Morgan fingerprint density at radius 3 is 2.61 bits per heavy atom. The van der Waals surface area contributed by atoms with Gasteiger partial charge in [0, 0.05) is 5.69 Å². The zero-order chi connectivity index (χ0) is 22.4. The summed E-state index contributed by atoms with van der Waals surface area (Å²) >= 11 is 2.32. The Hall–Kier alpha value is -2.98. The first-order valence-corrected chi connectivity index (χ1v) is 11.1. The Kier molecular flexibility index (Phi) is 7.24. The molecule has 1 aromatic heterocycles. The summed E-state index contributed by atoms with van der Waals surface area (Å²) in [6, 6.07) is 12.3. The summed E-state index contributed by atoms with van der Waals surface area (Å²) in [4.78, 5) is 24.3. The first-order valence-electron chi connectivity index (χ1n) is 9.28. The van der Waals surface area contributed by atoms with Gasteiger partial charge in [0.1, 0.15) is 11.8 Å². The van der Waals surface area contributed by atoms with Gasteiger partial charge in [-0.15, -0.1) is 10.2 Å². The average Bonchev–Trinajstić information content (AvgIpc) is 3.14. The Bertz CT molecular complexity index is 1080. The number of nitrogens with zero attached hydrogens (tertiary/aromatic N) is 2. The summed E-state index contributed by atoms with van der Waals surface area (Å²) in [7, 11) is 0. The highest BCUT2D eigenvalue weighted by molar-refractivity contribution is 8.00. The van der Waals surface area contributed by atoms with E-state index in [-0.39, 0.29) is 16.5 Å². The molecule has 3 rings (SSSR count). The molecule has 10 heteroatoms. The van der Waals surface area contributed by atoms with E-state index in [4.69, 9.17) is 4.74 Å². The minimum atomic E-state index is -0.566. The predicted molar refractivity (Wildman–Crippen MR) is 120 cm³/mol. The van der Waals surface area contributed by atoms with Crippen molar-refractivity contribution in [3.05, 3.63) is 65.5 Å². The van der Waals surface area contributed by atoms with Crippen LogP contribution in [-0.2, 0) is 10.2 Å². The van der Waals surface area contributed by atoms with Crippen LogP contribution < -0.4 is 10.6 Å². The molecule has 2 N–H and O–H groups in total. The molecule has 0 saturated carbocycles. The standard InChI is InChI=1S/C21H21FN4O3S2/c1-21(2,3)14-7-4-6-13(10-14)17(27)29-12-30-20-26-25-19(31-20)24-18(28)23-16-9-5-8-15(22)11-16/h4-11H,12H2,1-3H3,(H2,23,24,25,28). The lowest BCUT2D eigenvalue weighted by molar-refractivity contribution is 0.0579. The molecule has 0 saturated heterocycles. The second-order valence-electron chi connectivity index (χ2n) is 7.49. The number of esters is 1. The van der Waals surface area contributed by atoms with E-state index in [0.717, 1.165) is 16.9 Å². The molecule has 31 heavy (non-hydrogen) atoms. The molecule has 0 unspecified atom stereocenters. The summed E-state index contributed by atoms with van der Waals surface area (Å²) in [6.45, 7) is 6.23. The number of aromatic nitrogens is 2. The highest BCUT2D eigenvalue weighted by Gasteiger charge is 2.16. The molecular formula is C21H21FN4O3S2. The van der Waals surface area contributed by atoms with Gasteiger partial charge < -0.3 is 10.1 Å². The van der Waals surface area contributed by atoms with Gasteiger partial charge in [-0.05, 0) is 41.3 Å². The monoisotopic (exact) mass is 460 g/mol. The number of carbonyl (C=O) groups excluding carboxylic acids is 2. The van der Waals surface area contributed by atoms with E-state index >= 15 is 0 Å². The van der Waals surface area contributed by atoms with E-state index in [0.29, 0.717) is 15.6 Å². The third-order valence-corrected chi connectivity index (χ3v) is 5.85. The average molecular weight is 461 g/mol. The van der Waals surface area contributed by atoms with Crippen molar-refractivity contribution in [2.75, 3.05) is 16.6 Å². The second-order valence-corrected chi connectivity index (χ2v) is 9.63. The van der Waals surface area contributed by atoms with Crippen molar-refractivity contribution >= 4 is 45.9 Å². The highest BCUT2D eigenvalue weighted by atomic mass is 32.2. The fraction of sp³-hybridized carbons (Fsp3) is 0.238. The maximum Gasteiger partial charge on any atom is 0.338 e. The van der Waals surface area contributed by atoms with Gasteiger partial charge in [-0.2, -0.15) is 0 Å². The lowest BCUT2D eigenvalue weighted by Gasteiger charge is -2.19. The number of nitrogens with one attached hydrogen (secondary N) is 2. The van der Waals surface area contributed by atoms with Gasteiger partial charge in [-0.3, -0.25) is 5.32 Å². The Balaban J connectivity index is 1.48. The summed E-state index contributed by atoms with van der Waals surface area (Å²) in [5, 5.41) is 13.1. The molecule has 2 amide bonds. The molecule has 1 heterocycles. The van der Waals surface area contributed by atoms with Gasteiger partial charge >= 0.3 is 12.0 Å². The minimum Gasteiger partial charge on any atom is -0.451 e. The SMILES string of the molecule is CC(C)(C)c1cccc(C(=O)OCSc2nnc(NC(=O)Nc3cccc(F)c3)s2)c1. The maximum atomic E-state index is 13.2. The van der Waals surface area contributed by atoms with E-state index in [1.54, 1.807) is 12.1 Å². The van der Waals surface area contributed by atoms with Crippen LogP contribution in [0.15, 0.2) is 52.9 Å². The number of urea groups is 1. The lowest BCUT2D eigenvalue weighted by atomic mass is 9.86. The predicted octanol–water partition coefficient (Wildman–Crippen LogP) is 5.53. The number of ether oxygens (including phenoxy) is 1. The largest absolute Gasteiger partial charge is 0.451 e. The van der Waals surface area contributed by atoms with E-state index in [1.807, 2.05) is 18.2 Å². The second kappa shape index (κ2) is 9.88. The van der Waals surface area contributed by atoms with Crippen molar-refractivity contribution in [3.63, 3.8) is 0 Å². The van der Waals surface area contributed by atoms with Crippen LogP contribution in [0.5, 0.6) is 0 Å². The number of amides is 2. The quantitative estimate of drug-likeness (QED) is 0.218. The number of anilines is 2. The van der Waals surface area contributed by atoms with Crippen LogP contribution in [0, 0.1) is 5.82 Å². The van der Waals surface area contributed by atoms with Crippen LogP contribution in [0.2, 0.25) is 0 Å². The number of hydrogen-bond acceptors (Lipinski definition) is 7. The van der Waals surface area contributed by atoms with Crippen molar-refractivity contribution in [2.45, 2.75) is 30.5 Å². The van der Waals surface area contributed by atoms with E-state index < -0.39 is 17.8 Å². The number of thioether (sulfide) groups is 1. The van der Waals surface area contributed by atoms with Crippen molar-refractivity contribution in [3.8, 4) is 0 Å². The molecule has 0 spiro atoms. The number of halogens is 1. The smallest absolute Gasteiger partial charge is 0.338 e. The minimum absolute atomic E-state index is 0.0582. The van der Waals surface area contributed by atoms with Gasteiger partial charge in [-0.1, -0.05) is 62.1 Å². The highest BCUT2D eigenvalue weighted by Crippen LogP contribution is 2.27. The van der Waals surface area contributed by atoms with Gasteiger partial charge in [0.2, 0.25) is 5.13 Å². The Morgan fingerprint density at radius 2 is 1.87 bits per heavy atom. The van der Waals surface area contributed by atoms with Crippen LogP contribution in [0.1, 0.15) is 36.7 Å². The zero-order valence-corrected chi connectivity index (χ0v) is 18.8. The van der Waals surface area contributed by atoms with Crippen molar-refractivity contribution < 1.29 is 18.7 Å². The molecule has 0 aliphatic rings. The van der Waals surface area contributed by atoms with Gasteiger partial charge in [0.15, 0.2) is 4.34 Å². The number of hydrogen-bond donors (Lipinski definition) is 2. The van der Waals surface area contributed by atoms with E-state index in [9.17, 15) is 14.0 Å². The molecule has 162 valence electrons. The lowest BCUT2D eigenvalue weighted by Crippen LogP contribution is -2.19. The summed E-state index contributed by atoms with van der Waals surface area (Å²) in [5.74, 6) is -0.814. The van der Waals surface area contributed by atoms with Crippen LogP contribution >= 0.6 is 23.1 Å². The van der Waals surface area contributed by atoms with Crippen molar-refractivity contribution in [1.82, 2.24) is 10.2 Å². The molecule has 0 aliphatic heterocycles. The first-order chi connectivity index (χ1) is 14.7. The summed E-state index contributed by atoms with van der Waals surface area (Å²) < 4.78 is 19.0. The third kappa shape index (κ3) is 6.76. The van der Waals surface area contributed by atoms with Gasteiger partial charge in [-0.25, -0.2) is 14.0 Å². The number of benzene rings is 2. The van der Waals surface area contributed by atoms with Gasteiger partial charge in [0.25, 0.3) is 0 Å². The van der Waals surface area contributed by atoms with E-state index in [1.165, 1.54) is 30.0 Å². The Morgan fingerprint density at radius 1 is 1.10 bits per heavy atom. The van der Waals surface area contributed by atoms with E-state index in [2.05, 4.69) is 41.6 Å². The molecule has 0 atom stereocenters. The van der Waals surface area contributed by atoms with Crippen molar-refractivity contribution in [2.24, 2.45) is 0 Å². The molecular weight excluding hydrogens is 439 g/mol. The van der Waals surface area contributed by atoms with Crippen LogP contribution in [0.4, 0.5) is 20.0 Å².